The maximum absolute atomic E-state index is 8.44. The van der Waals surface area contributed by atoms with Crippen LogP contribution < -0.4 is 0 Å². The molecular weight excluding hydrogens is 160 g/mol. The monoisotopic (exact) mass is 162 g/mol. The lowest BCUT2D eigenvalue weighted by atomic mass is 10.3. The molecule has 5 heteroatoms. The van der Waals surface area contributed by atoms with Gasteiger partial charge < -0.3 is 0 Å². The maximum Gasteiger partial charge on any atom is 0.181 e. The summed E-state index contributed by atoms with van der Waals surface area (Å²) in [4.78, 5) is 0. The molecule has 0 aromatic carbocycles. The molecule has 0 saturated heterocycles. The van der Waals surface area contributed by atoms with Crippen molar-refractivity contribution in [2.24, 2.45) is 0 Å². The molecule has 0 aliphatic heterocycles. The van der Waals surface area contributed by atoms with Crippen molar-refractivity contribution in [3.8, 4) is 12.1 Å². The van der Waals surface area contributed by atoms with E-state index >= 15 is 0 Å². The predicted molar refractivity (Wildman–Crippen MR) is 39.3 cm³/mol. The Kier molecular flexibility index (Phi) is 2.32. The molecule has 0 bridgehead atoms. The van der Waals surface area contributed by atoms with Crippen LogP contribution in [-0.4, -0.2) is 8.75 Å². The van der Waals surface area contributed by atoms with Crippen LogP contribution in [0.5, 0.6) is 0 Å². The normalized spacial score (nSPS) is 9.27. The van der Waals surface area contributed by atoms with Gasteiger partial charge in [-0.3, -0.25) is 0 Å². The molecule has 1 aromatic rings. The van der Waals surface area contributed by atoms with Gasteiger partial charge in [0.25, 0.3) is 0 Å². The van der Waals surface area contributed by atoms with E-state index < -0.39 is 0 Å². The largest absolute Gasteiger partial charge is 0.193 e. The second kappa shape index (κ2) is 3.45. The van der Waals surface area contributed by atoms with Gasteiger partial charge in [0.05, 0.1) is 17.8 Å². The van der Waals surface area contributed by atoms with Gasteiger partial charge in [0.2, 0.25) is 0 Å². The van der Waals surface area contributed by atoms with Crippen LogP contribution in [0.2, 0.25) is 0 Å². The number of hydrogen-bond donors (Lipinski definition) is 0. The Morgan fingerprint density at radius 2 is 2.18 bits per heavy atom. The molecule has 1 rings (SSSR count). The van der Waals surface area contributed by atoms with E-state index in [1.165, 1.54) is 12.2 Å². The van der Waals surface area contributed by atoms with Gasteiger partial charge in [0, 0.05) is 6.08 Å². The number of nitrogens with zero attached hydrogens (tertiary/aromatic N) is 4. The Morgan fingerprint density at radius 1 is 1.36 bits per heavy atom. The van der Waals surface area contributed by atoms with Crippen molar-refractivity contribution in [1.82, 2.24) is 8.75 Å². The molecule has 0 saturated carbocycles. The zero-order chi connectivity index (χ0) is 8.10. The summed E-state index contributed by atoms with van der Waals surface area (Å²) in [5, 5.41) is 16.6. The highest BCUT2D eigenvalue weighted by molar-refractivity contribution is 6.99. The quantitative estimate of drug-likeness (QED) is 0.576. The van der Waals surface area contributed by atoms with E-state index in [4.69, 9.17) is 10.5 Å². The average molecular weight is 162 g/mol. The second-order valence-electron chi connectivity index (χ2n) is 1.57. The number of hydrogen-bond acceptors (Lipinski definition) is 5. The first kappa shape index (κ1) is 7.39. The molecule has 1 aromatic heterocycles. The minimum atomic E-state index is 0.265. The first-order valence-corrected chi connectivity index (χ1v) is 3.40. The molecule has 0 N–H and O–H groups in total. The van der Waals surface area contributed by atoms with Crippen molar-refractivity contribution in [2.45, 2.75) is 0 Å². The third-order valence-corrected chi connectivity index (χ3v) is 1.48. The summed E-state index contributed by atoms with van der Waals surface area (Å²) >= 11 is 0.958. The zero-order valence-electron chi connectivity index (χ0n) is 5.35. The molecule has 0 atom stereocenters. The number of aromatic nitrogens is 2. The van der Waals surface area contributed by atoms with Gasteiger partial charge in [-0.1, -0.05) is 0 Å². The van der Waals surface area contributed by atoms with Crippen molar-refractivity contribution in [1.29, 1.82) is 10.5 Å². The summed E-state index contributed by atoms with van der Waals surface area (Å²) in [6.07, 6.45) is 2.72. The molecule has 0 amide bonds. The van der Waals surface area contributed by atoms with Crippen LogP contribution in [0.1, 0.15) is 11.4 Å². The van der Waals surface area contributed by atoms with Gasteiger partial charge in [-0.25, -0.2) is 0 Å². The van der Waals surface area contributed by atoms with Crippen LogP contribution in [0, 0.1) is 22.7 Å². The van der Waals surface area contributed by atoms with E-state index in [1.807, 2.05) is 6.07 Å². The van der Waals surface area contributed by atoms with E-state index in [1.54, 1.807) is 6.07 Å². The van der Waals surface area contributed by atoms with Crippen molar-refractivity contribution in [3.05, 3.63) is 17.5 Å². The molecule has 11 heavy (non-hydrogen) atoms. The van der Waals surface area contributed by atoms with Gasteiger partial charge in [-0.15, -0.1) is 0 Å². The van der Waals surface area contributed by atoms with Gasteiger partial charge in [-0.05, 0) is 6.08 Å². The SMILES string of the molecule is N#C/C=C/c1nsnc1C#N. The number of allylic oxidation sites excluding steroid dienone is 1. The first-order chi connectivity index (χ1) is 5.38. The summed E-state index contributed by atoms with van der Waals surface area (Å²) < 4.78 is 7.49. The molecule has 0 radical (unpaired) electrons. The third-order valence-electron chi connectivity index (χ3n) is 0.936. The van der Waals surface area contributed by atoms with Gasteiger partial charge in [0.15, 0.2) is 5.69 Å². The maximum atomic E-state index is 8.44. The van der Waals surface area contributed by atoms with Gasteiger partial charge >= 0.3 is 0 Å². The lowest BCUT2D eigenvalue weighted by Gasteiger charge is -1.77. The minimum Gasteiger partial charge on any atom is -0.193 e. The predicted octanol–water partition coefficient (Wildman–Crippen LogP) is 0.947. The van der Waals surface area contributed by atoms with Crippen LogP contribution in [0.4, 0.5) is 0 Å². The topological polar surface area (TPSA) is 73.4 Å². The lowest BCUT2D eigenvalue weighted by Crippen LogP contribution is -1.76. The van der Waals surface area contributed by atoms with E-state index in [9.17, 15) is 0 Å². The highest BCUT2D eigenvalue weighted by atomic mass is 32.1. The van der Waals surface area contributed by atoms with Crippen molar-refractivity contribution < 1.29 is 0 Å². The zero-order valence-corrected chi connectivity index (χ0v) is 6.17. The summed E-state index contributed by atoms with van der Waals surface area (Å²) in [5.74, 6) is 0. The van der Waals surface area contributed by atoms with Crippen LogP contribution in [0.15, 0.2) is 6.08 Å². The molecule has 0 spiro atoms. The minimum absolute atomic E-state index is 0.265. The fourth-order valence-corrected chi connectivity index (χ4v) is 0.991. The Balaban J connectivity index is 2.98. The fraction of sp³-hybridized carbons (Fsp3) is 0. The van der Waals surface area contributed by atoms with E-state index in [2.05, 4.69) is 8.75 Å². The lowest BCUT2D eigenvalue weighted by molar-refractivity contribution is 1.37. The Bertz CT molecular complexity index is 351. The van der Waals surface area contributed by atoms with Gasteiger partial charge in [0.1, 0.15) is 11.8 Å². The van der Waals surface area contributed by atoms with Crippen LogP contribution in [0.3, 0.4) is 0 Å². The smallest absolute Gasteiger partial charge is 0.181 e. The first-order valence-electron chi connectivity index (χ1n) is 2.67. The summed E-state index contributed by atoms with van der Waals surface area (Å²) in [6, 6.07) is 3.66. The number of nitriles is 2. The van der Waals surface area contributed by atoms with Crippen molar-refractivity contribution >= 4 is 17.8 Å². The average Bonchev–Trinajstić information content (AvgIpc) is 2.47. The fourth-order valence-electron chi connectivity index (χ4n) is 0.498. The highest BCUT2D eigenvalue weighted by Crippen LogP contribution is 2.05. The van der Waals surface area contributed by atoms with Crippen LogP contribution in [-0.2, 0) is 0 Å². The molecule has 52 valence electrons. The summed E-state index contributed by atoms with van der Waals surface area (Å²) in [7, 11) is 0. The van der Waals surface area contributed by atoms with Crippen molar-refractivity contribution in [2.75, 3.05) is 0 Å². The summed E-state index contributed by atoms with van der Waals surface area (Å²) in [5.41, 5.74) is 0.723. The second-order valence-corrected chi connectivity index (χ2v) is 2.10. The molecule has 0 fully saturated rings. The molecular formula is C6H2N4S. The van der Waals surface area contributed by atoms with E-state index in [0.29, 0.717) is 5.69 Å². The highest BCUT2D eigenvalue weighted by Gasteiger charge is 2.01. The molecule has 4 nitrogen and oxygen atoms in total. The Hall–Kier alpha value is -1.72. The van der Waals surface area contributed by atoms with E-state index in [-0.39, 0.29) is 5.69 Å². The Morgan fingerprint density at radius 3 is 2.82 bits per heavy atom. The standard InChI is InChI=1S/C6H2N4S/c7-3-1-2-5-6(4-8)10-11-9-5/h1-2H/b2-1+. The molecule has 0 aliphatic rings. The van der Waals surface area contributed by atoms with Crippen LogP contribution in [0.25, 0.3) is 6.08 Å². The number of rotatable bonds is 1. The van der Waals surface area contributed by atoms with E-state index in [0.717, 1.165) is 11.7 Å². The molecule has 1 heterocycles. The van der Waals surface area contributed by atoms with Crippen LogP contribution >= 0.6 is 11.7 Å². The molecule has 0 aliphatic carbocycles. The molecule has 0 unspecified atom stereocenters. The summed E-state index contributed by atoms with van der Waals surface area (Å²) in [6.45, 7) is 0. The third kappa shape index (κ3) is 1.60. The van der Waals surface area contributed by atoms with Crippen molar-refractivity contribution in [3.63, 3.8) is 0 Å². The van der Waals surface area contributed by atoms with Gasteiger partial charge in [-0.2, -0.15) is 19.3 Å². The Labute approximate surface area is 67.3 Å².